The van der Waals surface area contributed by atoms with E-state index in [2.05, 4.69) is 30.6 Å². The number of primary amides is 1. The van der Waals surface area contributed by atoms with Gasteiger partial charge in [-0.1, -0.05) is 6.07 Å². The lowest BCUT2D eigenvalue weighted by atomic mass is 9.93. The lowest BCUT2D eigenvalue weighted by Crippen LogP contribution is -2.47. The second-order valence-corrected chi connectivity index (χ2v) is 15.0. The Morgan fingerprint density at radius 1 is 1.08 bits per heavy atom. The number of rotatable bonds is 8. The highest BCUT2D eigenvalue weighted by atomic mass is 32.1. The van der Waals surface area contributed by atoms with Gasteiger partial charge in [-0.05, 0) is 78.0 Å². The number of carbonyl (C=O) groups excluding carboxylic acids is 3. The van der Waals surface area contributed by atoms with Crippen molar-refractivity contribution >= 4 is 46.3 Å². The van der Waals surface area contributed by atoms with Crippen LogP contribution in [0.25, 0.3) is 16.8 Å². The van der Waals surface area contributed by atoms with Gasteiger partial charge in [-0.15, -0.1) is 11.3 Å². The highest BCUT2D eigenvalue weighted by Gasteiger charge is 2.31. The molecule has 1 aliphatic heterocycles. The normalized spacial score (nSPS) is 19.6. The number of anilines is 2. The number of aromatic nitrogens is 4. The molecule has 4 aromatic rings. The Morgan fingerprint density at radius 3 is 2.60 bits per heavy atom. The van der Waals surface area contributed by atoms with Crippen LogP contribution in [-0.4, -0.2) is 74.4 Å². The van der Waals surface area contributed by atoms with Crippen LogP contribution in [0, 0.1) is 12.7 Å². The van der Waals surface area contributed by atoms with Gasteiger partial charge in [0, 0.05) is 37.2 Å². The van der Waals surface area contributed by atoms with Crippen LogP contribution in [0.1, 0.15) is 84.3 Å². The minimum Gasteiger partial charge on any atom is -0.473 e. The van der Waals surface area contributed by atoms with Crippen molar-refractivity contribution in [1.29, 1.82) is 0 Å². The molecule has 6 rings (SSSR count). The van der Waals surface area contributed by atoms with E-state index in [-0.39, 0.29) is 35.5 Å². The zero-order valence-corrected chi connectivity index (χ0v) is 29.3. The Morgan fingerprint density at radius 2 is 1.86 bits per heavy atom. The van der Waals surface area contributed by atoms with Gasteiger partial charge in [0.2, 0.25) is 5.88 Å². The molecule has 1 aliphatic carbocycles. The maximum atomic E-state index is 14.8. The highest BCUT2D eigenvalue weighted by Crippen LogP contribution is 2.36. The minimum atomic E-state index is -0.856. The van der Waals surface area contributed by atoms with Crippen LogP contribution in [0.2, 0.25) is 0 Å². The van der Waals surface area contributed by atoms with Crippen molar-refractivity contribution in [3.63, 3.8) is 0 Å². The summed E-state index contributed by atoms with van der Waals surface area (Å²) in [6.07, 6.45) is 5.22. The molecule has 2 aliphatic rings. The third-order valence-corrected chi connectivity index (χ3v) is 9.68. The van der Waals surface area contributed by atoms with E-state index in [0.29, 0.717) is 52.0 Å². The molecule has 6 N–H and O–H groups in total. The SMILES string of the molecule is Cc1nc(O[C@@H]2CCC[C@H](NC(=O)OC(C)(C)C)C2)c(C(=O)N[C@H]2CCCN(c3cc(-c4ccc(C(N)=O)c(F)c4)n4ncnc(N)c34)C2)s1. The number of amides is 3. The molecule has 14 nitrogen and oxygen atoms in total. The maximum absolute atomic E-state index is 14.8. The van der Waals surface area contributed by atoms with Crippen molar-refractivity contribution in [1.82, 2.24) is 30.2 Å². The monoisotopic (exact) mass is 707 g/mol. The van der Waals surface area contributed by atoms with Crippen molar-refractivity contribution in [2.24, 2.45) is 5.73 Å². The molecule has 1 saturated heterocycles. The van der Waals surface area contributed by atoms with E-state index < -0.39 is 23.4 Å². The van der Waals surface area contributed by atoms with Crippen molar-refractivity contribution in [3.8, 4) is 17.1 Å². The molecule has 50 heavy (non-hydrogen) atoms. The molecule has 3 amide bonds. The molecular weight excluding hydrogens is 665 g/mol. The molecule has 0 radical (unpaired) electrons. The smallest absolute Gasteiger partial charge is 0.407 e. The average molecular weight is 708 g/mol. The summed E-state index contributed by atoms with van der Waals surface area (Å²) in [5.41, 5.74) is 13.2. The fourth-order valence-electron chi connectivity index (χ4n) is 6.58. The first-order valence-corrected chi connectivity index (χ1v) is 17.5. The molecule has 266 valence electrons. The van der Waals surface area contributed by atoms with Crippen LogP contribution in [0.3, 0.4) is 0 Å². The summed E-state index contributed by atoms with van der Waals surface area (Å²) in [5.74, 6) is -1.33. The van der Waals surface area contributed by atoms with Gasteiger partial charge < -0.3 is 36.5 Å². The van der Waals surface area contributed by atoms with Crippen LogP contribution in [0.15, 0.2) is 30.6 Å². The van der Waals surface area contributed by atoms with E-state index in [0.717, 1.165) is 37.8 Å². The van der Waals surface area contributed by atoms with E-state index in [1.54, 1.807) is 10.6 Å². The lowest BCUT2D eigenvalue weighted by Gasteiger charge is -2.34. The van der Waals surface area contributed by atoms with Crippen molar-refractivity contribution in [3.05, 3.63) is 51.9 Å². The zero-order valence-electron chi connectivity index (χ0n) is 28.5. The number of alkyl carbamates (subject to hydrolysis) is 1. The Balaban J connectivity index is 1.16. The van der Waals surface area contributed by atoms with Gasteiger partial charge in [-0.3, -0.25) is 9.59 Å². The van der Waals surface area contributed by atoms with Crippen molar-refractivity contribution < 1.29 is 28.2 Å². The summed E-state index contributed by atoms with van der Waals surface area (Å²) in [7, 11) is 0. The summed E-state index contributed by atoms with van der Waals surface area (Å²) in [4.78, 5) is 48.9. The zero-order chi connectivity index (χ0) is 35.7. The first-order valence-electron chi connectivity index (χ1n) is 16.7. The Bertz CT molecular complexity index is 1920. The number of nitrogens with one attached hydrogen (secondary N) is 2. The standard InChI is InChI=1S/C34H42FN9O5S/c1-18-40-32(48-22-9-5-7-20(14-22)42-33(47)49-34(2,3)4)28(50-18)31(46)41-21-8-6-12-43(16-21)26-15-25(44-27(26)29(36)38-17-39-44)19-10-11-23(30(37)45)24(35)13-19/h10-11,13,15,17,20-22H,5-9,12,14,16H2,1-4H3,(H2,37,45)(H,41,46)(H,42,47)(H2,36,38,39)/t20-,21-,22+/m0/s1. The Kier molecular flexibility index (Phi) is 9.82. The third kappa shape index (κ3) is 7.74. The van der Waals surface area contributed by atoms with Crippen LogP contribution in [-0.2, 0) is 4.74 Å². The van der Waals surface area contributed by atoms with Crippen LogP contribution < -0.4 is 31.7 Å². The summed E-state index contributed by atoms with van der Waals surface area (Å²) in [6.45, 7) is 8.46. The predicted octanol–water partition coefficient (Wildman–Crippen LogP) is 4.59. The number of nitrogens with zero attached hydrogens (tertiary/aromatic N) is 5. The molecule has 0 bridgehead atoms. The quantitative estimate of drug-likeness (QED) is 0.201. The maximum Gasteiger partial charge on any atom is 0.407 e. The Hall–Kier alpha value is -4.99. The molecule has 0 spiro atoms. The predicted molar refractivity (Wildman–Crippen MR) is 187 cm³/mol. The van der Waals surface area contributed by atoms with E-state index in [1.165, 1.54) is 29.8 Å². The highest BCUT2D eigenvalue weighted by molar-refractivity contribution is 7.13. The largest absolute Gasteiger partial charge is 0.473 e. The van der Waals surface area contributed by atoms with E-state index >= 15 is 0 Å². The molecular formula is C34H42FN9O5S. The number of piperidine rings is 1. The van der Waals surface area contributed by atoms with E-state index in [1.807, 2.05) is 33.8 Å². The fourth-order valence-corrected chi connectivity index (χ4v) is 7.34. The molecule has 1 aromatic carbocycles. The Labute approximate surface area is 292 Å². The number of benzene rings is 1. The van der Waals surface area contributed by atoms with Gasteiger partial charge in [0.25, 0.3) is 11.8 Å². The molecule has 3 aromatic heterocycles. The number of aryl methyl sites for hydroxylation is 1. The topological polar surface area (TPSA) is 192 Å². The van der Waals surface area contributed by atoms with Gasteiger partial charge in [0.15, 0.2) is 10.7 Å². The van der Waals surface area contributed by atoms with Crippen molar-refractivity contribution in [2.45, 2.75) is 90.0 Å². The number of hydrogen-bond acceptors (Lipinski definition) is 11. The number of nitrogen functional groups attached to an aromatic ring is 1. The molecule has 0 unspecified atom stereocenters. The van der Waals surface area contributed by atoms with Crippen LogP contribution >= 0.6 is 11.3 Å². The molecule has 1 saturated carbocycles. The second-order valence-electron chi connectivity index (χ2n) is 13.8. The van der Waals surface area contributed by atoms with Crippen LogP contribution in [0.5, 0.6) is 5.88 Å². The summed E-state index contributed by atoms with van der Waals surface area (Å²) in [6, 6.07) is 5.73. The van der Waals surface area contributed by atoms with Gasteiger partial charge in [0.1, 0.15) is 29.4 Å². The summed E-state index contributed by atoms with van der Waals surface area (Å²) >= 11 is 1.28. The third-order valence-electron chi connectivity index (χ3n) is 8.72. The second kappa shape index (κ2) is 14.1. The number of halogens is 1. The van der Waals surface area contributed by atoms with E-state index in [4.69, 9.17) is 20.9 Å². The minimum absolute atomic E-state index is 0.104. The van der Waals surface area contributed by atoms with Gasteiger partial charge >= 0.3 is 6.09 Å². The van der Waals surface area contributed by atoms with E-state index in [9.17, 15) is 18.8 Å². The number of thiazole rings is 1. The van der Waals surface area contributed by atoms with Crippen LogP contribution in [0.4, 0.5) is 20.7 Å². The summed E-state index contributed by atoms with van der Waals surface area (Å²) < 4.78 is 28.1. The number of fused-ring (bicyclic) bond motifs is 1. The molecule has 16 heteroatoms. The fraction of sp³-hybridized carbons (Fsp3) is 0.471. The first kappa shape index (κ1) is 34.9. The molecule has 2 fully saturated rings. The first-order chi connectivity index (χ1) is 23.8. The van der Waals surface area contributed by atoms with Crippen molar-refractivity contribution in [2.75, 3.05) is 23.7 Å². The van der Waals surface area contributed by atoms with Gasteiger partial charge in [-0.25, -0.2) is 23.7 Å². The van der Waals surface area contributed by atoms with Gasteiger partial charge in [-0.2, -0.15) is 5.10 Å². The molecule has 3 atom stereocenters. The number of carbonyl (C=O) groups is 3. The molecule has 4 heterocycles. The summed E-state index contributed by atoms with van der Waals surface area (Å²) in [5, 5.41) is 11.2. The number of hydrogen-bond donors (Lipinski definition) is 4. The lowest BCUT2D eigenvalue weighted by molar-refractivity contribution is 0.0461. The van der Waals surface area contributed by atoms with Gasteiger partial charge in [0.05, 0.1) is 22.0 Å². The average Bonchev–Trinajstić information content (AvgIpc) is 3.61. The number of nitrogens with two attached hydrogens (primary N) is 2. The number of ether oxygens (including phenoxy) is 2.